The first kappa shape index (κ1) is 34.8. The molecule has 0 aromatic rings. The highest BCUT2D eigenvalue weighted by Crippen LogP contribution is 2.52. The Labute approximate surface area is 262 Å². The van der Waals surface area contributed by atoms with Gasteiger partial charge >= 0.3 is 0 Å². The second-order valence-corrected chi connectivity index (χ2v) is 14.5. The molecular weight excluding hydrogens is 528 g/mol. The van der Waals surface area contributed by atoms with Crippen LogP contribution in [0.3, 0.4) is 0 Å². The summed E-state index contributed by atoms with van der Waals surface area (Å²) in [6, 6.07) is 0. The Morgan fingerprint density at radius 1 is 0.744 bits per heavy atom. The van der Waals surface area contributed by atoms with Crippen molar-refractivity contribution in [2.75, 3.05) is 0 Å². The standard InChI is InChI=1S/C40H56O3/c1-28(17-13-18-30(3)21-22-35-32(5)23-33(41)25-38(35,6)7)15-11-12-16-29(2)19-14-20-31(4)36-24-37-39(8,9)26-34(42)27-40(37,10)43-36/h11-24,33-36,41-42H,25-27H2,1-10H3/b12-11+,17-13+,19-14-,22-21+,28-15+,29-16-,30-18+,31-20+. The Hall–Kier alpha value is -2.72. The van der Waals surface area contributed by atoms with E-state index in [1.807, 2.05) is 6.08 Å². The smallest absolute Gasteiger partial charge is 0.0982 e. The fraction of sp³-hybridized carbons (Fsp3) is 0.500. The maximum atomic E-state index is 10.4. The summed E-state index contributed by atoms with van der Waals surface area (Å²) in [4.78, 5) is 0. The first-order chi connectivity index (χ1) is 20.0. The summed E-state index contributed by atoms with van der Waals surface area (Å²) in [5.41, 5.74) is 6.92. The van der Waals surface area contributed by atoms with Crippen LogP contribution in [0, 0.1) is 16.7 Å². The van der Waals surface area contributed by atoms with Gasteiger partial charge < -0.3 is 14.9 Å². The first-order valence-corrected chi connectivity index (χ1v) is 15.9. The van der Waals surface area contributed by atoms with Gasteiger partial charge in [-0.25, -0.2) is 0 Å². The van der Waals surface area contributed by atoms with Crippen molar-refractivity contribution in [3.05, 3.63) is 119 Å². The van der Waals surface area contributed by atoms with Crippen LogP contribution >= 0.6 is 0 Å². The molecule has 0 spiro atoms. The molecule has 2 aliphatic carbocycles. The van der Waals surface area contributed by atoms with Crippen molar-refractivity contribution < 1.29 is 14.9 Å². The van der Waals surface area contributed by atoms with Crippen molar-refractivity contribution in [2.45, 2.75) is 112 Å². The number of allylic oxidation sites excluding steroid dienone is 16. The number of rotatable bonds is 9. The Morgan fingerprint density at radius 2 is 1.30 bits per heavy atom. The van der Waals surface area contributed by atoms with E-state index in [9.17, 15) is 10.2 Å². The number of aliphatic hydroxyl groups is 2. The summed E-state index contributed by atoms with van der Waals surface area (Å²) >= 11 is 0. The molecule has 2 N–H and O–H groups in total. The number of fused-ring (bicyclic) bond motifs is 1. The molecule has 0 saturated heterocycles. The third-order valence-electron chi connectivity index (χ3n) is 9.16. The summed E-state index contributed by atoms with van der Waals surface area (Å²) < 4.78 is 6.46. The van der Waals surface area contributed by atoms with Crippen molar-refractivity contribution >= 4 is 0 Å². The summed E-state index contributed by atoms with van der Waals surface area (Å²) in [5, 5.41) is 20.5. The number of hydrogen-bond donors (Lipinski definition) is 2. The molecule has 0 radical (unpaired) electrons. The first-order valence-electron chi connectivity index (χ1n) is 15.9. The van der Waals surface area contributed by atoms with Crippen LogP contribution in [0.4, 0.5) is 0 Å². The minimum absolute atomic E-state index is 0.0467. The average molecular weight is 585 g/mol. The molecule has 0 bridgehead atoms. The summed E-state index contributed by atoms with van der Waals surface area (Å²) in [6.45, 7) is 21.6. The Bertz CT molecular complexity index is 1320. The van der Waals surface area contributed by atoms with E-state index in [0.29, 0.717) is 12.3 Å². The summed E-state index contributed by atoms with van der Waals surface area (Å²) in [5.74, 6) is 0.344. The molecular formula is C40H56O3. The van der Waals surface area contributed by atoms with E-state index in [2.05, 4.69) is 148 Å². The lowest BCUT2D eigenvalue weighted by molar-refractivity contribution is -0.0683. The zero-order chi connectivity index (χ0) is 32.0. The molecule has 3 aliphatic rings. The predicted octanol–water partition coefficient (Wildman–Crippen LogP) is 9.61. The molecule has 5 atom stereocenters. The average Bonchev–Trinajstić information content (AvgIpc) is 3.23. The zero-order valence-electron chi connectivity index (χ0n) is 28.3. The lowest BCUT2D eigenvalue weighted by atomic mass is 9.65. The third-order valence-corrected chi connectivity index (χ3v) is 9.16. The maximum absolute atomic E-state index is 10.4. The van der Waals surface area contributed by atoms with Gasteiger partial charge in [0.15, 0.2) is 0 Å². The molecule has 3 heteroatoms. The van der Waals surface area contributed by atoms with Crippen molar-refractivity contribution in [2.24, 2.45) is 16.7 Å². The molecule has 5 unspecified atom stereocenters. The lowest BCUT2D eigenvalue weighted by Crippen LogP contribution is -2.45. The molecule has 1 aliphatic heterocycles. The lowest BCUT2D eigenvalue weighted by Gasteiger charge is -2.44. The van der Waals surface area contributed by atoms with E-state index in [4.69, 9.17) is 4.74 Å². The van der Waals surface area contributed by atoms with E-state index < -0.39 is 0 Å². The van der Waals surface area contributed by atoms with Gasteiger partial charge in [0, 0.05) is 12.3 Å². The normalized spacial score (nSPS) is 32.3. The van der Waals surface area contributed by atoms with Crippen molar-refractivity contribution in [1.29, 1.82) is 0 Å². The predicted molar refractivity (Wildman–Crippen MR) is 184 cm³/mol. The van der Waals surface area contributed by atoms with Gasteiger partial charge in [-0.3, -0.25) is 0 Å². The van der Waals surface area contributed by atoms with Crippen molar-refractivity contribution in [3.8, 4) is 0 Å². The van der Waals surface area contributed by atoms with Gasteiger partial charge in [0.25, 0.3) is 0 Å². The molecule has 3 nitrogen and oxygen atoms in total. The minimum atomic E-state index is -0.382. The minimum Gasteiger partial charge on any atom is -0.393 e. The summed E-state index contributed by atoms with van der Waals surface area (Å²) in [6.07, 6.45) is 31.3. The van der Waals surface area contributed by atoms with Crippen LogP contribution in [0.25, 0.3) is 0 Å². The zero-order valence-corrected chi connectivity index (χ0v) is 28.3. The van der Waals surface area contributed by atoms with Gasteiger partial charge in [-0.1, -0.05) is 129 Å². The Kier molecular flexibility index (Phi) is 11.6. The second kappa shape index (κ2) is 14.4. The van der Waals surface area contributed by atoms with Gasteiger partial charge in [-0.2, -0.15) is 0 Å². The molecule has 43 heavy (non-hydrogen) atoms. The largest absolute Gasteiger partial charge is 0.393 e. The van der Waals surface area contributed by atoms with Gasteiger partial charge in [0.1, 0.15) is 0 Å². The number of aliphatic hydroxyl groups excluding tert-OH is 2. The van der Waals surface area contributed by atoms with Crippen LogP contribution in [-0.4, -0.2) is 34.1 Å². The van der Waals surface area contributed by atoms with Gasteiger partial charge in [0.05, 0.1) is 23.9 Å². The van der Waals surface area contributed by atoms with Crippen molar-refractivity contribution in [3.63, 3.8) is 0 Å². The molecule has 234 valence electrons. The van der Waals surface area contributed by atoms with E-state index in [1.165, 1.54) is 33.4 Å². The molecule has 1 heterocycles. The van der Waals surface area contributed by atoms with Crippen LogP contribution in [-0.2, 0) is 4.74 Å². The molecule has 0 aromatic heterocycles. The number of hydrogen-bond acceptors (Lipinski definition) is 3. The fourth-order valence-electron chi connectivity index (χ4n) is 7.04. The van der Waals surface area contributed by atoms with Gasteiger partial charge in [-0.05, 0) is 82.4 Å². The highest BCUT2D eigenvalue weighted by atomic mass is 16.5. The van der Waals surface area contributed by atoms with E-state index in [0.717, 1.165) is 12.8 Å². The molecule has 0 amide bonds. The highest BCUT2D eigenvalue weighted by molar-refractivity contribution is 5.37. The third kappa shape index (κ3) is 9.63. The topological polar surface area (TPSA) is 49.7 Å². The van der Waals surface area contributed by atoms with Gasteiger partial charge in [-0.15, -0.1) is 0 Å². The second-order valence-electron chi connectivity index (χ2n) is 14.5. The van der Waals surface area contributed by atoms with Crippen LogP contribution in [0.15, 0.2) is 119 Å². The number of ether oxygens (including phenoxy) is 1. The SMILES string of the molecule is CC1=CC(O)CC(C)(C)C1/C=C/C(C)=C/C=C/C(C)=C/C=C/C=C(C)\C=C/C=C(\C)C1C=C2C(C)(C)CC(O)CC2(C)O1. The highest BCUT2D eigenvalue weighted by Gasteiger charge is 2.50. The monoisotopic (exact) mass is 584 g/mol. The maximum Gasteiger partial charge on any atom is 0.0982 e. The molecule has 1 saturated carbocycles. The van der Waals surface area contributed by atoms with E-state index >= 15 is 0 Å². The van der Waals surface area contributed by atoms with Crippen LogP contribution in [0.2, 0.25) is 0 Å². The van der Waals surface area contributed by atoms with E-state index in [-0.39, 0.29) is 34.7 Å². The molecule has 0 aromatic carbocycles. The fourth-order valence-corrected chi connectivity index (χ4v) is 7.04. The molecule has 3 rings (SSSR count). The van der Waals surface area contributed by atoms with Crippen molar-refractivity contribution in [1.82, 2.24) is 0 Å². The van der Waals surface area contributed by atoms with Crippen LogP contribution in [0.1, 0.15) is 88.5 Å². The van der Waals surface area contributed by atoms with E-state index in [1.54, 1.807) is 0 Å². The van der Waals surface area contributed by atoms with Crippen LogP contribution in [0.5, 0.6) is 0 Å². The quantitative estimate of drug-likeness (QED) is 0.210. The van der Waals surface area contributed by atoms with Crippen LogP contribution < -0.4 is 0 Å². The Morgan fingerprint density at radius 3 is 1.91 bits per heavy atom. The molecule has 1 fully saturated rings. The Balaban J connectivity index is 1.52. The van der Waals surface area contributed by atoms with Gasteiger partial charge in [0.2, 0.25) is 0 Å². The summed E-state index contributed by atoms with van der Waals surface area (Å²) in [7, 11) is 0.